The molecule has 0 aliphatic heterocycles. The van der Waals surface area contributed by atoms with E-state index < -0.39 is 0 Å². The SMILES string of the molecule is Cn1cc(-c2cn(-c3cccc4[nH]ccc34)cn2)cn1. The maximum absolute atomic E-state index is 4.47. The Morgan fingerprint density at radius 2 is 2.10 bits per heavy atom. The summed E-state index contributed by atoms with van der Waals surface area (Å²) in [6.07, 6.45) is 9.60. The van der Waals surface area contributed by atoms with Crippen molar-refractivity contribution < 1.29 is 0 Å². The molecule has 1 N–H and O–H groups in total. The molecule has 5 heteroatoms. The first-order valence-corrected chi connectivity index (χ1v) is 6.41. The second kappa shape index (κ2) is 4.09. The van der Waals surface area contributed by atoms with E-state index in [1.807, 2.05) is 48.8 Å². The highest BCUT2D eigenvalue weighted by molar-refractivity contribution is 5.87. The van der Waals surface area contributed by atoms with Crippen molar-refractivity contribution in [3.05, 3.63) is 55.4 Å². The van der Waals surface area contributed by atoms with Crippen LogP contribution in [0.1, 0.15) is 0 Å². The Morgan fingerprint density at radius 3 is 2.95 bits per heavy atom. The largest absolute Gasteiger partial charge is 0.361 e. The van der Waals surface area contributed by atoms with Gasteiger partial charge in [-0.3, -0.25) is 4.68 Å². The zero-order valence-corrected chi connectivity index (χ0v) is 11.0. The van der Waals surface area contributed by atoms with Gasteiger partial charge in [0.15, 0.2) is 0 Å². The smallest absolute Gasteiger partial charge is 0.0999 e. The fourth-order valence-corrected chi connectivity index (χ4v) is 2.45. The van der Waals surface area contributed by atoms with Gasteiger partial charge in [0.2, 0.25) is 0 Å². The number of hydrogen-bond donors (Lipinski definition) is 1. The summed E-state index contributed by atoms with van der Waals surface area (Å²) in [6, 6.07) is 8.27. The van der Waals surface area contributed by atoms with E-state index in [0.29, 0.717) is 0 Å². The minimum absolute atomic E-state index is 0.922. The molecule has 0 aliphatic rings. The third kappa shape index (κ3) is 1.64. The number of nitrogens with one attached hydrogen (secondary N) is 1. The standard InChI is InChI=1S/C15H13N5/c1-19-8-11(7-18-19)14-9-20(10-17-14)15-4-2-3-13-12(15)5-6-16-13/h2-10,16H,1H3. The topological polar surface area (TPSA) is 51.4 Å². The molecule has 0 fully saturated rings. The summed E-state index contributed by atoms with van der Waals surface area (Å²) in [7, 11) is 1.90. The molecule has 0 radical (unpaired) electrons. The number of hydrogen-bond acceptors (Lipinski definition) is 2. The van der Waals surface area contributed by atoms with E-state index in [4.69, 9.17) is 0 Å². The molecule has 4 rings (SSSR count). The van der Waals surface area contributed by atoms with E-state index in [2.05, 4.69) is 33.3 Å². The predicted molar refractivity (Wildman–Crippen MR) is 77.6 cm³/mol. The number of H-pyrrole nitrogens is 1. The lowest BCUT2D eigenvalue weighted by Crippen LogP contribution is -1.89. The Hall–Kier alpha value is -2.82. The first kappa shape index (κ1) is 11.0. The number of fused-ring (bicyclic) bond motifs is 1. The minimum atomic E-state index is 0.922. The third-order valence-electron chi connectivity index (χ3n) is 3.43. The van der Waals surface area contributed by atoms with Gasteiger partial charge in [0.05, 0.1) is 23.9 Å². The highest BCUT2D eigenvalue weighted by atomic mass is 15.2. The van der Waals surface area contributed by atoms with Crippen LogP contribution in [0.2, 0.25) is 0 Å². The maximum atomic E-state index is 4.47. The predicted octanol–water partition coefficient (Wildman–Crippen LogP) is 2.75. The van der Waals surface area contributed by atoms with Crippen LogP contribution >= 0.6 is 0 Å². The van der Waals surface area contributed by atoms with Crippen molar-refractivity contribution in [2.45, 2.75) is 0 Å². The number of aromatic amines is 1. The lowest BCUT2D eigenvalue weighted by atomic mass is 10.2. The number of rotatable bonds is 2. The van der Waals surface area contributed by atoms with Crippen LogP contribution in [0.5, 0.6) is 0 Å². The van der Waals surface area contributed by atoms with Crippen LogP contribution in [0.15, 0.2) is 55.4 Å². The second-order valence-corrected chi connectivity index (χ2v) is 4.78. The molecule has 0 bridgehead atoms. The van der Waals surface area contributed by atoms with Crippen LogP contribution in [-0.4, -0.2) is 24.3 Å². The lowest BCUT2D eigenvalue weighted by Gasteiger charge is -2.03. The molecule has 5 nitrogen and oxygen atoms in total. The second-order valence-electron chi connectivity index (χ2n) is 4.78. The van der Waals surface area contributed by atoms with E-state index in [-0.39, 0.29) is 0 Å². The molecule has 3 heterocycles. The molecule has 0 amide bonds. The number of nitrogens with zero attached hydrogens (tertiary/aromatic N) is 4. The van der Waals surface area contributed by atoms with E-state index in [1.165, 1.54) is 5.39 Å². The first-order valence-electron chi connectivity index (χ1n) is 6.41. The van der Waals surface area contributed by atoms with Gasteiger partial charge in [-0.25, -0.2) is 4.98 Å². The van der Waals surface area contributed by atoms with Gasteiger partial charge < -0.3 is 9.55 Å². The summed E-state index contributed by atoms with van der Waals surface area (Å²) in [5.41, 5.74) is 4.18. The van der Waals surface area contributed by atoms with Crippen molar-refractivity contribution in [1.82, 2.24) is 24.3 Å². The average Bonchev–Trinajstić information content (AvgIpc) is 3.17. The molecular weight excluding hydrogens is 250 g/mol. The van der Waals surface area contributed by atoms with Crippen molar-refractivity contribution in [2.24, 2.45) is 7.05 Å². The first-order chi connectivity index (χ1) is 9.81. The summed E-state index contributed by atoms with van der Waals surface area (Å²) < 4.78 is 3.82. The Bertz CT molecular complexity index is 880. The van der Waals surface area contributed by atoms with E-state index >= 15 is 0 Å². The summed E-state index contributed by atoms with van der Waals surface area (Å²) in [5.74, 6) is 0. The number of aryl methyl sites for hydroxylation is 1. The summed E-state index contributed by atoms with van der Waals surface area (Å²) in [5, 5.41) is 5.36. The number of benzene rings is 1. The Morgan fingerprint density at radius 1 is 1.15 bits per heavy atom. The van der Waals surface area contributed by atoms with Crippen molar-refractivity contribution in [1.29, 1.82) is 0 Å². The molecule has 98 valence electrons. The summed E-state index contributed by atoms with van der Waals surface area (Å²) >= 11 is 0. The van der Waals surface area contributed by atoms with Crippen molar-refractivity contribution in [3.8, 4) is 16.9 Å². The monoisotopic (exact) mass is 263 g/mol. The van der Waals surface area contributed by atoms with Crippen LogP contribution in [0.4, 0.5) is 0 Å². The van der Waals surface area contributed by atoms with Gasteiger partial charge in [0.1, 0.15) is 0 Å². The minimum Gasteiger partial charge on any atom is -0.361 e. The molecule has 0 spiro atoms. The quantitative estimate of drug-likeness (QED) is 0.604. The maximum Gasteiger partial charge on any atom is 0.0999 e. The molecule has 1 aromatic carbocycles. The molecule has 20 heavy (non-hydrogen) atoms. The van der Waals surface area contributed by atoms with E-state index in [0.717, 1.165) is 22.5 Å². The fraction of sp³-hybridized carbons (Fsp3) is 0.0667. The van der Waals surface area contributed by atoms with Crippen LogP contribution in [-0.2, 0) is 7.05 Å². The Balaban J connectivity index is 1.84. The van der Waals surface area contributed by atoms with Crippen LogP contribution in [0.25, 0.3) is 27.8 Å². The molecule has 0 saturated carbocycles. The molecule has 0 aliphatic carbocycles. The van der Waals surface area contributed by atoms with Crippen molar-refractivity contribution in [3.63, 3.8) is 0 Å². The van der Waals surface area contributed by atoms with Gasteiger partial charge in [-0.05, 0) is 18.2 Å². The fourth-order valence-electron chi connectivity index (χ4n) is 2.45. The van der Waals surface area contributed by atoms with Crippen LogP contribution in [0, 0.1) is 0 Å². The Kier molecular flexibility index (Phi) is 2.26. The molecule has 0 unspecified atom stereocenters. The van der Waals surface area contributed by atoms with E-state index in [1.54, 1.807) is 4.68 Å². The lowest BCUT2D eigenvalue weighted by molar-refractivity contribution is 0.768. The highest BCUT2D eigenvalue weighted by Crippen LogP contribution is 2.23. The molecule has 0 saturated heterocycles. The highest BCUT2D eigenvalue weighted by Gasteiger charge is 2.08. The molecular formula is C15H13N5. The van der Waals surface area contributed by atoms with Gasteiger partial charge in [-0.1, -0.05) is 6.07 Å². The summed E-state index contributed by atoms with van der Waals surface area (Å²) in [4.78, 5) is 7.69. The Labute approximate surface area is 115 Å². The number of aromatic nitrogens is 5. The summed E-state index contributed by atoms with van der Waals surface area (Å²) in [6.45, 7) is 0. The third-order valence-corrected chi connectivity index (χ3v) is 3.43. The van der Waals surface area contributed by atoms with Crippen molar-refractivity contribution in [2.75, 3.05) is 0 Å². The van der Waals surface area contributed by atoms with Crippen molar-refractivity contribution >= 4 is 10.9 Å². The molecule has 0 atom stereocenters. The average molecular weight is 263 g/mol. The normalized spacial score (nSPS) is 11.2. The molecule has 3 aromatic heterocycles. The van der Waals surface area contributed by atoms with Crippen LogP contribution in [0.3, 0.4) is 0 Å². The zero-order chi connectivity index (χ0) is 13.5. The zero-order valence-electron chi connectivity index (χ0n) is 11.0. The van der Waals surface area contributed by atoms with Gasteiger partial charge >= 0.3 is 0 Å². The van der Waals surface area contributed by atoms with E-state index in [9.17, 15) is 0 Å². The van der Waals surface area contributed by atoms with Gasteiger partial charge in [-0.15, -0.1) is 0 Å². The molecule has 4 aromatic rings. The van der Waals surface area contributed by atoms with Gasteiger partial charge in [0.25, 0.3) is 0 Å². The van der Waals surface area contributed by atoms with Gasteiger partial charge in [0, 0.05) is 42.1 Å². The van der Waals surface area contributed by atoms with Gasteiger partial charge in [-0.2, -0.15) is 5.10 Å². The van der Waals surface area contributed by atoms with Crippen LogP contribution < -0.4 is 0 Å². The number of imidazole rings is 1.